The van der Waals surface area contributed by atoms with Gasteiger partial charge in [0.05, 0.1) is 5.56 Å². The Morgan fingerprint density at radius 3 is 2.62 bits per heavy atom. The van der Waals surface area contributed by atoms with Crippen LogP contribution in [0.3, 0.4) is 0 Å². The minimum Gasteiger partial charge on any atom is -0.435 e. The van der Waals surface area contributed by atoms with Crippen LogP contribution >= 0.6 is 22.6 Å². The first-order chi connectivity index (χ1) is 7.56. The number of benzene rings is 1. The Morgan fingerprint density at radius 2 is 2.06 bits per heavy atom. The van der Waals surface area contributed by atoms with Crippen LogP contribution < -0.4 is 0 Å². The normalized spacial score (nSPS) is 10.2. The number of rotatable bonds is 4. The van der Waals surface area contributed by atoms with Crippen molar-refractivity contribution in [3.8, 4) is 0 Å². The van der Waals surface area contributed by atoms with Gasteiger partial charge in [-0.05, 0) is 66.6 Å². The van der Waals surface area contributed by atoms with Crippen LogP contribution in [0.25, 0.3) is 0 Å². The van der Waals surface area contributed by atoms with Gasteiger partial charge in [0.25, 0.3) is 0 Å². The molecule has 0 spiro atoms. The summed E-state index contributed by atoms with van der Waals surface area (Å²) in [6, 6.07) is 3.67. The summed E-state index contributed by atoms with van der Waals surface area (Å²) in [7, 11) is 0. The van der Waals surface area contributed by atoms with Crippen molar-refractivity contribution in [1.82, 2.24) is 0 Å². The fourth-order valence-corrected chi connectivity index (χ4v) is 1.96. The molecule has 0 aromatic heterocycles. The fraction of sp³-hybridized carbons (Fsp3) is 0.417. The van der Waals surface area contributed by atoms with Crippen molar-refractivity contribution in [2.45, 2.75) is 20.8 Å². The van der Waals surface area contributed by atoms with Gasteiger partial charge in [-0.25, -0.2) is 4.79 Å². The Hall–Kier alpha value is -0.620. The third kappa shape index (κ3) is 3.45. The summed E-state index contributed by atoms with van der Waals surface area (Å²) >= 11 is 2.21. The summed E-state index contributed by atoms with van der Waals surface area (Å²) in [5.41, 5.74) is 2.87. The predicted octanol–water partition coefficient (Wildman–Crippen LogP) is 3.06. The van der Waals surface area contributed by atoms with E-state index in [1.807, 2.05) is 32.9 Å². The van der Waals surface area contributed by atoms with Crippen molar-refractivity contribution >= 4 is 28.6 Å². The van der Waals surface area contributed by atoms with Crippen LogP contribution in [0.5, 0.6) is 0 Å². The van der Waals surface area contributed by atoms with Crippen LogP contribution in [-0.4, -0.2) is 19.4 Å². The maximum atomic E-state index is 11.6. The number of aryl methyl sites for hydroxylation is 1. The quantitative estimate of drug-likeness (QED) is 0.367. The molecule has 0 aliphatic carbocycles. The molecule has 4 heteroatoms. The molecule has 1 rings (SSSR count). The SMILES string of the molecule is CCOCOC(=O)c1cc(C)c(C)c(I)c1. The first kappa shape index (κ1) is 13.4. The maximum Gasteiger partial charge on any atom is 0.340 e. The molecule has 0 amide bonds. The molecule has 1 aromatic carbocycles. The van der Waals surface area contributed by atoms with Crippen molar-refractivity contribution in [3.63, 3.8) is 0 Å². The lowest BCUT2D eigenvalue weighted by molar-refractivity contribution is -0.0274. The molecule has 0 aliphatic rings. The summed E-state index contributed by atoms with van der Waals surface area (Å²) in [5, 5.41) is 0. The number of esters is 1. The van der Waals surface area contributed by atoms with Crippen LogP contribution in [0.15, 0.2) is 12.1 Å². The van der Waals surface area contributed by atoms with E-state index >= 15 is 0 Å². The Labute approximate surface area is 109 Å². The van der Waals surface area contributed by atoms with Gasteiger partial charge in [-0.1, -0.05) is 0 Å². The van der Waals surface area contributed by atoms with E-state index in [9.17, 15) is 4.79 Å². The first-order valence-electron chi connectivity index (χ1n) is 5.08. The second-order valence-electron chi connectivity index (χ2n) is 3.44. The number of carbonyl (C=O) groups excluding carboxylic acids is 1. The second kappa shape index (κ2) is 6.20. The molecule has 0 radical (unpaired) electrons. The zero-order valence-corrected chi connectivity index (χ0v) is 11.8. The third-order valence-corrected chi connectivity index (χ3v) is 3.44. The molecule has 3 nitrogen and oxygen atoms in total. The van der Waals surface area contributed by atoms with Crippen LogP contribution in [0, 0.1) is 17.4 Å². The lowest BCUT2D eigenvalue weighted by atomic mass is 10.1. The zero-order chi connectivity index (χ0) is 12.1. The van der Waals surface area contributed by atoms with E-state index in [1.54, 1.807) is 0 Å². The van der Waals surface area contributed by atoms with E-state index in [2.05, 4.69) is 22.6 Å². The molecule has 0 fully saturated rings. The molecule has 88 valence electrons. The van der Waals surface area contributed by atoms with Crippen LogP contribution in [0.4, 0.5) is 0 Å². The molecule has 0 bridgehead atoms. The van der Waals surface area contributed by atoms with E-state index in [1.165, 1.54) is 5.56 Å². The standard InChI is InChI=1S/C12H15IO3/c1-4-15-7-16-12(14)10-5-8(2)9(3)11(13)6-10/h5-6H,4,7H2,1-3H3. The predicted molar refractivity (Wildman–Crippen MR) is 70.5 cm³/mol. The molecule has 0 saturated carbocycles. The molecule has 0 unspecified atom stereocenters. The average Bonchev–Trinajstić information content (AvgIpc) is 2.25. The van der Waals surface area contributed by atoms with Gasteiger partial charge in [0.1, 0.15) is 0 Å². The largest absolute Gasteiger partial charge is 0.435 e. The van der Waals surface area contributed by atoms with Gasteiger partial charge in [0, 0.05) is 10.2 Å². The molecule has 0 atom stereocenters. The highest BCUT2D eigenvalue weighted by Crippen LogP contribution is 2.18. The zero-order valence-electron chi connectivity index (χ0n) is 9.67. The van der Waals surface area contributed by atoms with Gasteiger partial charge in [-0.15, -0.1) is 0 Å². The number of carbonyl (C=O) groups is 1. The van der Waals surface area contributed by atoms with Gasteiger partial charge in [0.15, 0.2) is 6.79 Å². The average molecular weight is 334 g/mol. The summed E-state index contributed by atoms with van der Waals surface area (Å²) in [6.07, 6.45) is 0. The lowest BCUT2D eigenvalue weighted by Gasteiger charge is -2.08. The lowest BCUT2D eigenvalue weighted by Crippen LogP contribution is -2.09. The second-order valence-corrected chi connectivity index (χ2v) is 4.60. The van der Waals surface area contributed by atoms with Crippen molar-refractivity contribution in [1.29, 1.82) is 0 Å². The Kier molecular flexibility index (Phi) is 5.21. The fourth-order valence-electron chi connectivity index (χ4n) is 1.20. The summed E-state index contributed by atoms with van der Waals surface area (Å²) in [5.74, 6) is -0.338. The van der Waals surface area contributed by atoms with Crippen molar-refractivity contribution < 1.29 is 14.3 Å². The van der Waals surface area contributed by atoms with Crippen molar-refractivity contribution in [3.05, 3.63) is 32.4 Å². The molecule has 0 N–H and O–H groups in total. The number of hydrogen-bond acceptors (Lipinski definition) is 3. The summed E-state index contributed by atoms with van der Waals surface area (Å²) in [6.45, 7) is 6.42. The molecule has 16 heavy (non-hydrogen) atoms. The molecular formula is C12H15IO3. The number of hydrogen-bond donors (Lipinski definition) is 0. The summed E-state index contributed by atoms with van der Waals surface area (Å²) < 4.78 is 11.0. The molecular weight excluding hydrogens is 319 g/mol. The van der Waals surface area contributed by atoms with E-state index in [-0.39, 0.29) is 12.8 Å². The molecule has 0 aliphatic heterocycles. The third-order valence-electron chi connectivity index (χ3n) is 2.32. The van der Waals surface area contributed by atoms with E-state index < -0.39 is 0 Å². The summed E-state index contributed by atoms with van der Waals surface area (Å²) in [4.78, 5) is 11.6. The monoisotopic (exact) mass is 334 g/mol. The highest BCUT2D eigenvalue weighted by atomic mass is 127. The van der Waals surface area contributed by atoms with Crippen LogP contribution in [0.1, 0.15) is 28.4 Å². The molecule has 0 saturated heterocycles. The van der Waals surface area contributed by atoms with E-state index in [0.29, 0.717) is 12.2 Å². The number of halogens is 1. The van der Waals surface area contributed by atoms with Gasteiger partial charge in [-0.2, -0.15) is 0 Å². The topological polar surface area (TPSA) is 35.5 Å². The highest BCUT2D eigenvalue weighted by Gasteiger charge is 2.10. The van der Waals surface area contributed by atoms with Gasteiger partial charge in [-0.3, -0.25) is 0 Å². The van der Waals surface area contributed by atoms with Crippen molar-refractivity contribution in [2.75, 3.05) is 13.4 Å². The minimum absolute atomic E-state index is 0.0127. The van der Waals surface area contributed by atoms with E-state index in [4.69, 9.17) is 9.47 Å². The Morgan fingerprint density at radius 1 is 1.38 bits per heavy atom. The van der Waals surface area contributed by atoms with E-state index in [0.717, 1.165) is 9.13 Å². The maximum absolute atomic E-state index is 11.6. The molecule has 0 heterocycles. The number of ether oxygens (including phenoxy) is 2. The van der Waals surface area contributed by atoms with Gasteiger partial charge in [0.2, 0.25) is 0 Å². The Bertz CT molecular complexity index is 365. The first-order valence-corrected chi connectivity index (χ1v) is 6.15. The molecule has 1 aromatic rings. The minimum atomic E-state index is -0.338. The van der Waals surface area contributed by atoms with Gasteiger partial charge >= 0.3 is 5.97 Å². The van der Waals surface area contributed by atoms with Gasteiger partial charge < -0.3 is 9.47 Å². The smallest absolute Gasteiger partial charge is 0.340 e. The highest BCUT2D eigenvalue weighted by molar-refractivity contribution is 14.1. The van der Waals surface area contributed by atoms with Crippen LogP contribution in [-0.2, 0) is 9.47 Å². The van der Waals surface area contributed by atoms with Crippen molar-refractivity contribution in [2.24, 2.45) is 0 Å². The van der Waals surface area contributed by atoms with Crippen LogP contribution in [0.2, 0.25) is 0 Å². The Balaban J connectivity index is 2.76.